The highest BCUT2D eigenvalue weighted by atomic mass is 16.5. The molecule has 1 N–H and O–H groups in total. The van der Waals surface area contributed by atoms with Crippen LogP contribution in [0.5, 0.6) is 11.5 Å². The van der Waals surface area contributed by atoms with Crippen molar-refractivity contribution in [1.29, 1.82) is 0 Å². The van der Waals surface area contributed by atoms with Crippen LogP contribution in [0, 0.1) is 0 Å². The third-order valence-electron chi connectivity index (χ3n) is 4.20. The van der Waals surface area contributed by atoms with Gasteiger partial charge in [-0.2, -0.15) is 0 Å². The molecular weight excluding hydrogens is 370 g/mol. The predicted octanol–water partition coefficient (Wildman–Crippen LogP) is 4.17. The molecule has 148 valence electrons. The zero-order valence-electron chi connectivity index (χ0n) is 16.2. The van der Waals surface area contributed by atoms with Crippen molar-refractivity contribution in [3.8, 4) is 22.6 Å². The summed E-state index contributed by atoms with van der Waals surface area (Å²) >= 11 is 0. The molecule has 0 spiro atoms. The molecule has 3 rings (SSSR count). The summed E-state index contributed by atoms with van der Waals surface area (Å²) in [5.41, 5.74) is 2.99. The van der Waals surface area contributed by atoms with Crippen LogP contribution in [0.3, 0.4) is 0 Å². The fraction of sp³-hybridized carbons (Fsp3) is 0.130. The lowest BCUT2D eigenvalue weighted by Crippen LogP contribution is -2.21. The van der Waals surface area contributed by atoms with E-state index in [1.54, 1.807) is 18.2 Å². The van der Waals surface area contributed by atoms with Gasteiger partial charge in [0, 0.05) is 11.8 Å². The number of hydrogen-bond acceptors (Lipinski definition) is 5. The quantitative estimate of drug-likeness (QED) is 0.612. The highest BCUT2D eigenvalue weighted by molar-refractivity contribution is 5.96. The molecule has 0 aliphatic rings. The molecule has 0 unspecified atom stereocenters. The molecule has 0 bridgehead atoms. The number of rotatable bonds is 7. The average Bonchev–Trinajstić information content (AvgIpc) is 2.78. The van der Waals surface area contributed by atoms with Crippen LogP contribution in [-0.2, 0) is 9.53 Å². The lowest BCUT2D eigenvalue weighted by Gasteiger charge is -2.09. The Morgan fingerprint density at radius 2 is 1.38 bits per heavy atom. The second-order valence-corrected chi connectivity index (χ2v) is 6.17. The number of carbonyl (C=O) groups excluding carboxylic acids is 2. The third kappa shape index (κ3) is 5.35. The summed E-state index contributed by atoms with van der Waals surface area (Å²) in [5, 5.41) is 2.71. The van der Waals surface area contributed by atoms with Crippen LogP contribution in [0.25, 0.3) is 11.1 Å². The van der Waals surface area contributed by atoms with E-state index in [0.717, 1.165) is 11.1 Å². The van der Waals surface area contributed by atoms with Gasteiger partial charge >= 0.3 is 5.97 Å². The number of benzene rings is 3. The van der Waals surface area contributed by atoms with E-state index in [1.165, 1.54) is 26.4 Å². The van der Waals surface area contributed by atoms with E-state index >= 15 is 0 Å². The number of nitrogens with one attached hydrogen (secondary N) is 1. The minimum absolute atomic E-state index is 0.237. The maximum Gasteiger partial charge on any atom is 0.338 e. The Bertz CT molecular complexity index is 962. The molecule has 0 atom stereocenters. The fourth-order valence-electron chi connectivity index (χ4n) is 2.71. The van der Waals surface area contributed by atoms with Gasteiger partial charge in [0.1, 0.15) is 11.5 Å². The smallest absolute Gasteiger partial charge is 0.338 e. The molecule has 6 heteroatoms. The van der Waals surface area contributed by atoms with Gasteiger partial charge in [-0.3, -0.25) is 4.79 Å². The minimum Gasteiger partial charge on any atom is -0.497 e. The van der Waals surface area contributed by atoms with Crippen LogP contribution >= 0.6 is 0 Å². The lowest BCUT2D eigenvalue weighted by molar-refractivity contribution is -0.119. The zero-order chi connectivity index (χ0) is 20.6. The second-order valence-electron chi connectivity index (χ2n) is 6.17. The maximum atomic E-state index is 12.2. The summed E-state index contributed by atoms with van der Waals surface area (Å²) in [7, 11) is 2.97. The van der Waals surface area contributed by atoms with Crippen molar-refractivity contribution < 1.29 is 23.8 Å². The molecule has 3 aromatic rings. The molecule has 3 aromatic carbocycles. The Kier molecular flexibility index (Phi) is 6.47. The molecule has 6 nitrogen and oxygen atoms in total. The van der Waals surface area contributed by atoms with Gasteiger partial charge in [-0.25, -0.2) is 4.79 Å². The summed E-state index contributed by atoms with van der Waals surface area (Å²) in [6.45, 7) is -0.404. The van der Waals surface area contributed by atoms with E-state index in [1.807, 2.05) is 42.5 Å². The Hall–Kier alpha value is -3.80. The normalized spacial score (nSPS) is 10.1. The monoisotopic (exact) mass is 391 g/mol. The number of anilines is 1. The standard InChI is InChI=1S/C23H21NO5/c1-27-20-12-18(13-21(14-20)28-2)23(26)29-15-22(25)24-19-10-8-17(9-11-19)16-6-4-3-5-7-16/h3-14H,15H2,1-2H3,(H,24,25). The molecule has 0 saturated heterocycles. The highest BCUT2D eigenvalue weighted by Gasteiger charge is 2.13. The molecule has 0 aliphatic carbocycles. The van der Waals surface area contributed by atoms with E-state index in [4.69, 9.17) is 14.2 Å². The summed E-state index contributed by atoms with van der Waals surface area (Å²) in [6.07, 6.45) is 0. The summed E-state index contributed by atoms with van der Waals surface area (Å²) in [5.74, 6) is -0.157. The molecule has 0 aromatic heterocycles. The van der Waals surface area contributed by atoms with Crippen LogP contribution in [0.15, 0.2) is 72.8 Å². The zero-order valence-corrected chi connectivity index (χ0v) is 16.2. The molecule has 0 radical (unpaired) electrons. The predicted molar refractivity (Wildman–Crippen MR) is 110 cm³/mol. The van der Waals surface area contributed by atoms with Gasteiger partial charge in [0.25, 0.3) is 5.91 Å². The maximum absolute atomic E-state index is 12.2. The van der Waals surface area contributed by atoms with Crippen molar-refractivity contribution >= 4 is 17.6 Å². The van der Waals surface area contributed by atoms with Crippen molar-refractivity contribution in [3.05, 3.63) is 78.4 Å². The molecule has 0 heterocycles. The van der Waals surface area contributed by atoms with Crippen LogP contribution in [0.4, 0.5) is 5.69 Å². The Labute approximate surface area is 169 Å². The number of methoxy groups -OCH3 is 2. The Morgan fingerprint density at radius 1 is 0.793 bits per heavy atom. The van der Waals surface area contributed by atoms with Crippen molar-refractivity contribution in [2.75, 3.05) is 26.1 Å². The first-order chi connectivity index (χ1) is 14.1. The third-order valence-corrected chi connectivity index (χ3v) is 4.20. The van der Waals surface area contributed by atoms with Gasteiger partial charge in [-0.1, -0.05) is 42.5 Å². The minimum atomic E-state index is -0.642. The van der Waals surface area contributed by atoms with Crippen molar-refractivity contribution in [1.82, 2.24) is 0 Å². The van der Waals surface area contributed by atoms with E-state index in [0.29, 0.717) is 17.2 Å². The number of hydrogen-bond donors (Lipinski definition) is 1. The fourth-order valence-corrected chi connectivity index (χ4v) is 2.71. The molecule has 29 heavy (non-hydrogen) atoms. The summed E-state index contributed by atoms with van der Waals surface area (Å²) < 4.78 is 15.3. The van der Waals surface area contributed by atoms with E-state index in [2.05, 4.69) is 5.32 Å². The Morgan fingerprint density at radius 3 is 1.97 bits per heavy atom. The molecule has 0 fully saturated rings. The van der Waals surface area contributed by atoms with Gasteiger partial charge in [-0.05, 0) is 35.4 Å². The average molecular weight is 391 g/mol. The van der Waals surface area contributed by atoms with Crippen LogP contribution in [0.1, 0.15) is 10.4 Å². The first-order valence-corrected chi connectivity index (χ1v) is 8.94. The van der Waals surface area contributed by atoms with E-state index in [9.17, 15) is 9.59 Å². The lowest BCUT2D eigenvalue weighted by atomic mass is 10.1. The van der Waals surface area contributed by atoms with Gasteiger partial charge in [0.15, 0.2) is 6.61 Å². The number of carbonyl (C=O) groups is 2. The topological polar surface area (TPSA) is 73.9 Å². The van der Waals surface area contributed by atoms with Gasteiger partial charge in [0.05, 0.1) is 19.8 Å². The van der Waals surface area contributed by atoms with E-state index < -0.39 is 18.5 Å². The van der Waals surface area contributed by atoms with Crippen LogP contribution in [0.2, 0.25) is 0 Å². The molecule has 0 aliphatic heterocycles. The van der Waals surface area contributed by atoms with Crippen LogP contribution < -0.4 is 14.8 Å². The molecule has 1 amide bonds. The summed E-state index contributed by atoms with van der Waals surface area (Å²) in [4.78, 5) is 24.3. The molecule has 0 saturated carbocycles. The first-order valence-electron chi connectivity index (χ1n) is 8.94. The highest BCUT2D eigenvalue weighted by Crippen LogP contribution is 2.23. The first kappa shape index (κ1) is 19.9. The van der Waals surface area contributed by atoms with Gasteiger partial charge in [-0.15, -0.1) is 0 Å². The second kappa shape index (κ2) is 9.41. The summed E-state index contributed by atoms with van der Waals surface area (Å²) in [6, 6.07) is 22.0. The number of esters is 1. The molecular formula is C23H21NO5. The van der Waals surface area contributed by atoms with Gasteiger partial charge in [0.2, 0.25) is 0 Å². The van der Waals surface area contributed by atoms with Crippen molar-refractivity contribution in [2.24, 2.45) is 0 Å². The largest absolute Gasteiger partial charge is 0.497 e. The number of amides is 1. The Balaban J connectivity index is 1.56. The van der Waals surface area contributed by atoms with E-state index in [-0.39, 0.29) is 5.56 Å². The van der Waals surface area contributed by atoms with Crippen LogP contribution in [-0.4, -0.2) is 32.7 Å². The van der Waals surface area contributed by atoms with Crippen molar-refractivity contribution in [3.63, 3.8) is 0 Å². The van der Waals surface area contributed by atoms with Gasteiger partial charge < -0.3 is 19.5 Å². The SMILES string of the molecule is COc1cc(OC)cc(C(=O)OCC(=O)Nc2ccc(-c3ccccc3)cc2)c1. The number of ether oxygens (including phenoxy) is 3. The van der Waals surface area contributed by atoms with Crippen molar-refractivity contribution in [2.45, 2.75) is 0 Å².